The summed E-state index contributed by atoms with van der Waals surface area (Å²) in [5, 5.41) is 23.3. The Kier molecular flexibility index (Phi) is 6.19. The molecule has 10 heteroatoms. The Hall–Kier alpha value is -3.01. The maximum absolute atomic E-state index is 11.4. The third-order valence-corrected chi connectivity index (χ3v) is 5.52. The van der Waals surface area contributed by atoms with Crippen LogP contribution in [0.4, 0.5) is 0 Å². The van der Waals surface area contributed by atoms with Gasteiger partial charge in [0.1, 0.15) is 20.1 Å². The lowest BCUT2D eigenvalue weighted by Gasteiger charge is -2.21. The van der Waals surface area contributed by atoms with Crippen molar-refractivity contribution >= 4 is 36.0 Å². The van der Waals surface area contributed by atoms with Crippen molar-refractivity contribution in [3.63, 3.8) is 0 Å². The van der Waals surface area contributed by atoms with E-state index in [1.165, 1.54) is 12.0 Å². The van der Waals surface area contributed by atoms with E-state index in [-0.39, 0.29) is 17.8 Å². The van der Waals surface area contributed by atoms with Gasteiger partial charge in [-0.1, -0.05) is 46.3 Å². The molecular weight excluding hydrogens is 382 g/mol. The van der Waals surface area contributed by atoms with Gasteiger partial charge in [-0.3, -0.25) is 0 Å². The lowest BCUT2D eigenvalue weighted by Crippen LogP contribution is -2.30. The summed E-state index contributed by atoms with van der Waals surface area (Å²) in [6.07, 6.45) is 4.07. The molecule has 2 aliphatic rings. The van der Waals surface area contributed by atoms with Gasteiger partial charge in [0.05, 0.1) is 5.70 Å². The van der Waals surface area contributed by atoms with Crippen LogP contribution in [0.5, 0.6) is 0 Å². The Balaban J connectivity index is 1.60. The zero-order valence-electron chi connectivity index (χ0n) is 15.8. The molecule has 0 saturated heterocycles. The number of carboxylic acids is 1. The molecule has 1 aromatic rings. The lowest BCUT2D eigenvalue weighted by atomic mass is 10.0. The van der Waals surface area contributed by atoms with Crippen LogP contribution in [0.3, 0.4) is 0 Å². The molecule has 28 heavy (non-hydrogen) atoms. The van der Waals surface area contributed by atoms with Crippen molar-refractivity contribution in [2.24, 2.45) is 15.4 Å². The van der Waals surface area contributed by atoms with Crippen molar-refractivity contribution in [2.45, 2.75) is 25.4 Å². The summed E-state index contributed by atoms with van der Waals surface area (Å²) in [5.41, 5.74) is 2.15. The standard InChI is InChI=1S/C18H21N5O4S/c1-12-15(23-18(28-12)22(2)11-19-23)8-9-20-27-10-13-6-4-5-7-14(13)16(17(24)25)21-26-3/h4-7,9,11,18H,8,10H2,1-3H3,(H,24,25)/b20-9?,21-16+. The minimum Gasteiger partial charge on any atom is -0.476 e. The maximum atomic E-state index is 11.4. The number of allylic oxidation sites excluding steroid dienone is 2. The predicted octanol–water partition coefficient (Wildman–Crippen LogP) is 2.47. The summed E-state index contributed by atoms with van der Waals surface area (Å²) in [7, 11) is 3.29. The number of rotatable bonds is 8. The topological polar surface area (TPSA) is 99.3 Å². The van der Waals surface area contributed by atoms with Gasteiger partial charge < -0.3 is 19.7 Å². The molecule has 1 aromatic carbocycles. The van der Waals surface area contributed by atoms with Gasteiger partial charge in [0, 0.05) is 35.7 Å². The second kappa shape index (κ2) is 8.79. The van der Waals surface area contributed by atoms with Crippen LogP contribution in [0.1, 0.15) is 24.5 Å². The zero-order valence-corrected chi connectivity index (χ0v) is 16.6. The number of hydrogen-bond donors (Lipinski definition) is 1. The van der Waals surface area contributed by atoms with Crippen LogP contribution in [-0.2, 0) is 21.1 Å². The van der Waals surface area contributed by atoms with E-state index in [9.17, 15) is 9.90 Å². The first-order chi connectivity index (χ1) is 13.5. The summed E-state index contributed by atoms with van der Waals surface area (Å²) in [5.74, 6) is -1.18. The third kappa shape index (κ3) is 4.11. The molecule has 2 aliphatic heterocycles. The van der Waals surface area contributed by atoms with E-state index in [2.05, 4.69) is 27.2 Å². The van der Waals surface area contributed by atoms with Gasteiger partial charge in [-0.2, -0.15) is 5.10 Å². The second-order valence-electron chi connectivity index (χ2n) is 6.04. The quantitative estimate of drug-likeness (QED) is 0.526. The van der Waals surface area contributed by atoms with Gasteiger partial charge in [0.2, 0.25) is 0 Å². The van der Waals surface area contributed by atoms with E-state index in [1.807, 2.05) is 17.0 Å². The van der Waals surface area contributed by atoms with Crippen LogP contribution >= 0.6 is 11.8 Å². The van der Waals surface area contributed by atoms with E-state index >= 15 is 0 Å². The molecule has 0 amide bonds. The fraction of sp³-hybridized carbons (Fsp3) is 0.333. The van der Waals surface area contributed by atoms with Crippen LogP contribution in [0.2, 0.25) is 0 Å². The van der Waals surface area contributed by atoms with Crippen molar-refractivity contribution in [3.05, 3.63) is 46.0 Å². The average Bonchev–Trinajstić information content (AvgIpc) is 3.18. The molecule has 1 atom stereocenters. The Labute approximate surface area is 166 Å². The number of carboxylic acid groups (broad SMARTS) is 1. The first kappa shape index (κ1) is 19.7. The molecule has 0 radical (unpaired) electrons. The molecular formula is C18H21N5O4S. The maximum Gasteiger partial charge on any atom is 0.358 e. The Morgan fingerprint density at radius 2 is 2.21 bits per heavy atom. The summed E-state index contributed by atoms with van der Waals surface area (Å²) >= 11 is 1.75. The molecule has 0 aromatic heterocycles. The van der Waals surface area contributed by atoms with Crippen molar-refractivity contribution in [1.82, 2.24) is 9.91 Å². The van der Waals surface area contributed by atoms with Crippen molar-refractivity contribution in [2.75, 3.05) is 14.2 Å². The molecule has 9 nitrogen and oxygen atoms in total. The van der Waals surface area contributed by atoms with Gasteiger partial charge in [-0.05, 0) is 6.92 Å². The van der Waals surface area contributed by atoms with Crippen LogP contribution < -0.4 is 0 Å². The highest BCUT2D eigenvalue weighted by Crippen LogP contribution is 2.41. The molecule has 0 bridgehead atoms. The minimum absolute atomic E-state index is 0.114. The van der Waals surface area contributed by atoms with Crippen molar-refractivity contribution < 1.29 is 19.6 Å². The summed E-state index contributed by atoms with van der Waals surface area (Å²) in [6, 6.07) is 6.94. The van der Waals surface area contributed by atoms with Crippen molar-refractivity contribution in [1.29, 1.82) is 0 Å². The molecule has 3 rings (SSSR count). The highest BCUT2D eigenvalue weighted by atomic mass is 32.2. The van der Waals surface area contributed by atoms with Gasteiger partial charge >= 0.3 is 5.97 Å². The largest absolute Gasteiger partial charge is 0.476 e. The van der Waals surface area contributed by atoms with Crippen LogP contribution in [-0.4, -0.2) is 58.9 Å². The van der Waals surface area contributed by atoms with E-state index in [1.54, 1.807) is 48.6 Å². The molecule has 148 valence electrons. The summed E-state index contributed by atoms with van der Waals surface area (Å²) in [4.78, 5) is 24.7. The van der Waals surface area contributed by atoms with Crippen LogP contribution in [0.15, 0.2) is 50.3 Å². The number of thioether (sulfide) groups is 1. The van der Waals surface area contributed by atoms with E-state index in [4.69, 9.17) is 4.84 Å². The van der Waals surface area contributed by atoms with Gasteiger partial charge in [-0.25, -0.2) is 9.80 Å². The number of fused-ring (bicyclic) bond motifs is 1. The van der Waals surface area contributed by atoms with Crippen LogP contribution in [0, 0.1) is 0 Å². The molecule has 0 fully saturated rings. The normalized spacial score (nSPS) is 19.0. The zero-order chi connectivity index (χ0) is 20.1. The monoisotopic (exact) mass is 403 g/mol. The fourth-order valence-corrected chi connectivity index (χ4v) is 3.97. The first-order valence-electron chi connectivity index (χ1n) is 8.51. The SMILES string of the molecule is CO/N=C(/C(=O)O)c1ccccc1CON=CCC1=C(C)SC2N(C)C=NN12. The van der Waals surface area contributed by atoms with Gasteiger partial charge in [0.15, 0.2) is 11.2 Å². The Morgan fingerprint density at radius 3 is 2.96 bits per heavy atom. The smallest absolute Gasteiger partial charge is 0.358 e. The number of oxime groups is 2. The summed E-state index contributed by atoms with van der Waals surface area (Å²) in [6.45, 7) is 2.18. The highest BCUT2D eigenvalue weighted by molar-refractivity contribution is 8.03. The van der Waals surface area contributed by atoms with E-state index in [0.717, 1.165) is 5.70 Å². The Bertz CT molecular complexity index is 867. The summed E-state index contributed by atoms with van der Waals surface area (Å²) < 4.78 is 0. The number of nitrogens with zero attached hydrogens (tertiary/aromatic N) is 5. The Morgan fingerprint density at radius 1 is 1.43 bits per heavy atom. The van der Waals surface area contributed by atoms with E-state index in [0.29, 0.717) is 17.5 Å². The molecule has 0 aliphatic carbocycles. The average molecular weight is 403 g/mol. The number of carbonyl (C=O) groups is 1. The van der Waals surface area contributed by atoms with Crippen molar-refractivity contribution in [3.8, 4) is 0 Å². The van der Waals surface area contributed by atoms with Gasteiger partial charge in [-0.15, -0.1) is 0 Å². The lowest BCUT2D eigenvalue weighted by molar-refractivity contribution is -0.129. The highest BCUT2D eigenvalue weighted by Gasteiger charge is 2.35. The molecule has 2 heterocycles. The number of hydrazone groups is 1. The minimum atomic E-state index is -1.18. The number of hydrogen-bond acceptors (Lipinski definition) is 9. The number of aliphatic carboxylic acids is 1. The second-order valence-corrected chi connectivity index (χ2v) is 7.31. The molecule has 1 N–H and O–H groups in total. The van der Waals surface area contributed by atoms with Gasteiger partial charge in [0.25, 0.3) is 0 Å². The van der Waals surface area contributed by atoms with Crippen LogP contribution in [0.25, 0.3) is 0 Å². The predicted molar refractivity (Wildman–Crippen MR) is 108 cm³/mol. The molecule has 0 saturated carbocycles. The fourth-order valence-electron chi connectivity index (χ4n) is 2.84. The third-order valence-electron chi connectivity index (χ3n) is 4.19. The van der Waals surface area contributed by atoms with E-state index < -0.39 is 5.97 Å². The molecule has 0 spiro atoms. The first-order valence-corrected chi connectivity index (χ1v) is 9.39. The molecule has 1 unspecified atom stereocenters. The number of benzene rings is 1.